The van der Waals surface area contributed by atoms with Gasteiger partial charge in [-0.2, -0.15) is 5.10 Å². The van der Waals surface area contributed by atoms with Crippen LogP contribution in [0.5, 0.6) is 0 Å². The van der Waals surface area contributed by atoms with E-state index in [2.05, 4.69) is 15.4 Å². The van der Waals surface area contributed by atoms with Crippen LogP contribution in [0.1, 0.15) is 34.6 Å². The highest BCUT2D eigenvalue weighted by molar-refractivity contribution is 5.94. The van der Waals surface area contributed by atoms with E-state index in [-0.39, 0.29) is 18.6 Å². The summed E-state index contributed by atoms with van der Waals surface area (Å²) >= 11 is 0. The van der Waals surface area contributed by atoms with Crippen LogP contribution >= 0.6 is 0 Å². The number of hydrogen-bond acceptors (Lipinski definition) is 4. The molecule has 2 N–H and O–H groups in total. The summed E-state index contributed by atoms with van der Waals surface area (Å²) in [7, 11) is 0. The van der Waals surface area contributed by atoms with Crippen LogP contribution in [0.4, 0.5) is 0 Å². The highest BCUT2D eigenvalue weighted by Gasteiger charge is 2.12. The van der Waals surface area contributed by atoms with Crippen LogP contribution in [0.2, 0.25) is 0 Å². The van der Waals surface area contributed by atoms with Gasteiger partial charge in [0.2, 0.25) is 0 Å². The van der Waals surface area contributed by atoms with E-state index in [1.54, 1.807) is 29.2 Å². The molecule has 0 fully saturated rings. The van der Waals surface area contributed by atoms with E-state index in [1.807, 2.05) is 44.3 Å². The lowest BCUT2D eigenvalue weighted by Gasteiger charge is -2.14. The van der Waals surface area contributed by atoms with Crippen LogP contribution in [0.25, 0.3) is 11.1 Å². The normalized spacial score (nSPS) is 12.0. The molecule has 0 aliphatic heterocycles. The van der Waals surface area contributed by atoms with Crippen molar-refractivity contribution in [2.24, 2.45) is 0 Å². The Morgan fingerprint density at radius 2 is 1.92 bits per heavy atom. The van der Waals surface area contributed by atoms with Gasteiger partial charge in [0, 0.05) is 29.2 Å². The van der Waals surface area contributed by atoms with Crippen molar-refractivity contribution in [3.8, 4) is 11.1 Å². The number of aliphatic hydroxyl groups excluding tert-OH is 1. The number of carbonyl (C=O) groups excluding carboxylic acids is 1. The first-order valence-corrected chi connectivity index (χ1v) is 8.54. The SMILES string of the molecule is Cc1ccc([C@@H](C)NC(=O)c2ccc(-c3cnn(CCO)c3)cc2)cn1. The van der Waals surface area contributed by atoms with Gasteiger partial charge in [-0.1, -0.05) is 18.2 Å². The lowest BCUT2D eigenvalue weighted by atomic mass is 10.1. The molecule has 1 aromatic carbocycles. The van der Waals surface area contributed by atoms with Crippen molar-refractivity contribution in [1.29, 1.82) is 0 Å². The summed E-state index contributed by atoms with van der Waals surface area (Å²) in [5, 5.41) is 16.1. The van der Waals surface area contributed by atoms with Gasteiger partial charge in [-0.15, -0.1) is 0 Å². The average Bonchev–Trinajstić information content (AvgIpc) is 3.11. The van der Waals surface area contributed by atoms with Crippen molar-refractivity contribution in [3.63, 3.8) is 0 Å². The molecule has 1 amide bonds. The van der Waals surface area contributed by atoms with Gasteiger partial charge in [-0.3, -0.25) is 14.5 Å². The molecule has 134 valence electrons. The molecule has 0 saturated heterocycles. The molecule has 0 aliphatic rings. The fourth-order valence-corrected chi connectivity index (χ4v) is 2.65. The smallest absolute Gasteiger partial charge is 0.251 e. The molecule has 2 heterocycles. The summed E-state index contributed by atoms with van der Waals surface area (Å²) in [5.74, 6) is -0.124. The Morgan fingerprint density at radius 3 is 2.58 bits per heavy atom. The first-order chi connectivity index (χ1) is 12.6. The van der Waals surface area contributed by atoms with Crippen molar-refractivity contribution in [1.82, 2.24) is 20.1 Å². The van der Waals surface area contributed by atoms with E-state index in [1.165, 1.54) is 0 Å². The zero-order valence-corrected chi connectivity index (χ0v) is 14.9. The number of aromatic nitrogens is 3. The summed E-state index contributed by atoms with van der Waals surface area (Å²) in [4.78, 5) is 16.7. The lowest BCUT2D eigenvalue weighted by molar-refractivity contribution is 0.0940. The second-order valence-electron chi connectivity index (χ2n) is 6.22. The summed E-state index contributed by atoms with van der Waals surface area (Å²) < 4.78 is 1.69. The summed E-state index contributed by atoms with van der Waals surface area (Å²) in [5.41, 5.74) is 4.44. The predicted molar refractivity (Wildman–Crippen MR) is 99.6 cm³/mol. The van der Waals surface area contributed by atoms with Crippen LogP contribution in [0.3, 0.4) is 0 Å². The van der Waals surface area contributed by atoms with Crippen LogP contribution in [-0.4, -0.2) is 32.4 Å². The monoisotopic (exact) mass is 350 g/mol. The van der Waals surface area contributed by atoms with Crippen molar-refractivity contribution in [2.45, 2.75) is 26.4 Å². The molecule has 0 unspecified atom stereocenters. The second kappa shape index (κ2) is 7.93. The highest BCUT2D eigenvalue weighted by atomic mass is 16.3. The lowest BCUT2D eigenvalue weighted by Crippen LogP contribution is -2.26. The van der Waals surface area contributed by atoms with Crippen LogP contribution < -0.4 is 5.32 Å². The average molecular weight is 350 g/mol. The number of aliphatic hydroxyl groups is 1. The zero-order valence-electron chi connectivity index (χ0n) is 14.9. The maximum absolute atomic E-state index is 12.5. The predicted octanol–water partition coefficient (Wildman–Crippen LogP) is 2.74. The summed E-state index contributed by atoms with van der Waals surface area (Å²) in [6.45, 7) is 4.39. The third-order valence-corrected chi connectivity index (χ3v) is 4.22. The Morgan fingerprint density at radius 1 is 1.15 bits per heavy atom. The largest absolute Gasteiger partial charge is 0.394 e. The van der Waals surface area contributed by atoms with Gasteiger partial charge in [0.15, 0.2) is 0 Å². The van der Waals surface area contributed by atoms with E-state index in [0.29, 0.717) is 12.1 Å². The third-order valence-electron chi connectivity index (χ3n) is 4.22. The van der Waals surface area contributed by atoms with Gasteiger partial charge >= 0.3 is 0 Å². The second-order valence-corrected chi connectivity index (χ2v) is 6.22. The number of carbonyl (C=O) groups is 1. The minimum absolute atomic E-state index is 0.0505. The zero-order chi connectivity index (χ0) is 18.5. The first-order valence-electron chi connectivity index (χ1n) is 8.54. The minimum atomic E-state index is -0.124. The van der Waals surface area contributed by atoms with Crippen molar-refractivity contribution in [2.75, 3.05) is 6.61 Å². The molecule has 0 saturated carbocycles. The Hall–Kier alpha value is -2.99. The molecular weight excluding hydrogens is 328 g/mol. The summed E-state index contributed by atoms with van der Waals surface area (Å²) in [6.07, 6.45) is 5.41. The number of nitrogens with zero attached hydrogens (tertiary/aromatic N) is 3. The number of amides is 1. The number of pyridine rings is 1. The summed E-state index contributed by atoms with van der Waals surface area (Å²) in [6, 6.07) is 11.2. The van der Waals surface area contributed by atoms with Crippen LogP contribution in [0.15, 0.2) is 55.0 Å². The topological polar surface area (TPSA) is 80.0 Å². The number of aryl methyl sites for hydroxylation is 1. The van der Waals surface area contributed by atoms with Crippen LogP contribution in [-0.2, 0) is 6.54 Å². The van der Waals surface area contributed by atoms with Crippen molar-refractivity contribution in [3.05, 3.63) is 71.8 Å². The number of hydrogen-bond donors (Lipinski definition) is 2. The van der Waals surface area contributed by atoms with E-state index in [0.717, 1.165) is 22.4 Å². The Balaban J connectivity index is 1.67. The molecule has 0 spiro atoms. The molecule has 0 radical (unpaired) electrons. The standard InChI is InChI=1S/C20H22N4O2/c1-14-3-4-18(11-21-14)15(2)23-20(26)17-7-5-16(6-8-17)19-12-22-24(13-19)9-10-25/h3-8,11-13,15,25H,9-10H2,1-2H3,(H,23,26)/t15-/m1/s1. The molecule has 3 aromatic rings. The van der Waals surface area contributed by atoms with Gasteiger partial charge in [0.1, 0.15) is 0 Å². The molecular formula is C20H22N4O2. The highest BCUT2D eigenvalue weighted by Crippen LogP contribution is 2.20. The Kier molecular flexibility index (Phi) is 5.43. The molecule has 2 aromatic heterocycles. The first kappa shape index (κ1) is 17.8. The third kappa shape index (κ3) is 4.15. The fourth-order valence-electron chi connectivity index (χ4n) is 2.65. The molecule has 0 bridgehead atoms. The number of benzene rings is 1. The quantitative estimate of drug-likeness (QED) is 0.716. The molecule has 3 rings (SSSR count). The van der Waals surface area contributed by atoms with E-state index in [9.17, 15) is 4.79 Å². The van der Waals surface area contributed by atoms with Gasteiger partial charge in [0.25, 0.3) is 5.91 Å². The molecule has 6 heteroatoms. The van der Waals surface area contributed by atoms with Crippen molar-refractivity contribution >= 4 is 5.91 Å². The minimum Gasteiger partial charge on any atom is -0.394 e. The van der Waals surface area contributed by atoms with E-state index >= 15 is 0 Å². The Bertz CT molecular complexity index is 870. The van der Waals surface area contributed by atoms with Crippen molar-refractivity contribution < 1.29 is 9.90 Å². The van der Waals surface area contributed by atoms with E-state index < -0.39 is 0 Å². The maximum atomic E-state index is 12.5. The molecule has 1 atom stereocenters. The van der Waals surface area contributed by atoms with Crippen LogP contribution in [0, 0.1) is 6.92 Å². The van der Waals surface area contributed by atoms with Gasteiger partial charge in [0.05, 0.1) is 25.4 Å². The number of rotatable bonds is 6. The molecule has 6 nitrogen and oxygen atoms in total. The van der Waals surface area contributed by atoms with E-state index in [4.69, 9.17) is 5.11 Å². The van der Waals surface area contributed by atoms with Gasteiger partial charge in [-0.05, 0) is 43.2 Å². The molecule has 0 aliphatic carbocycles. The number of nitrogens with one attached hydrogen (secondary N) is 1. The Labute approximate surface area is 152 Å². The van der Waals surface area contributed by atoms with Gasteiger partial charge < -0.3 is 10.4 Å². The van der Waals surface area contributed by atoms with Gasteiger partial charge in [-0.25, -0.2) is 0 Å². The maximum Gasteiger partial charge on any atom is 0.251 e. The fraction of sp³-hybridized carbons (Fsp3) is 0.250. The molecule has 26 heavy (non-hydrogen) atoms.